The van der Waals surface area contributed by atoms with Crippen LogP contribution in [0.3, 0.4) is 0 Å². The Labute approximate surface area is 82.6 Å². The normalized spacial score (nSPS) is 45.4. The molecular weight excluding hydrogens is 186 g/mol. The largest absolute Gasteiger partial charge is 0.394 e. The molecule has 0 aromatic carbocycles. The van der Waals surface area contributed by atoms with Crippen LogP contribution in [0.15, 0.2) is 0 Å². The lowest BCUT2D eigenvalue weighted by Crippen LogP contribution is -2.47. The van der Waals surface area contributed by atoms with Crippen LogP contribution in [0.4, 0.5) is 0 Å². The second-order valence-electron chi connectivity index (χ2n) is 4.17. The van der Waals surface area contributed by atoms with E-state index < -0.39 is 24.4 Å². The number of hydrogen-bond donors (Lipinski definition) is 4. The van der Waals surface area contributed by atoms with Crippen LogP contribution in [-0.4, -0.2) is 68.9 Å². The van der Waals surface area contributed by atoms with E-state index in [0.717, 1.165) is 19.4 Å². The fraction of sp³-hybridized carbons (Fsp3) is 1.00. The molecule has 82 valence electrons. The number of hydrogen-bond acceptors (Lipinski definition) is 5. The highest BCUT2D eigenvalue weighted by atomic mass is 16.3. The first kappa shape index (κ1) is 10.3. The van der Waals surface area contributed by atoms with Gasteiger partial charge in [-0.3, -0.25) is 4.90 Å². The molecule has 2 aliphatic heterocycles. The minimum absolute atomic E-state index is 0.0452. The van der Waals surface area contributed by atoms with Crippen LogP contribution in [0.1, 0.15) is 12.8 Å². The Bertz CT molecular complexity index is 213. The summed E-state index contributed by atoms with van der Waals surface area (Å²) in [6.07, 6.45) is -0.871. The Balaban J connectivity index is 2.15. The van der Waals surface area contributed by atoms with Gasteiger partial charge < -0.3 is 20.4 Å². The number of aliphatic hydroxyl groups is 4. The first-order valence-electron chi connectivity index (χ1n) is 5.07. The maximum Gasteiger partial charge on any atom is 0.0995 e. The molecule has 0 aromatic heterocycles. The topological polar surface area (TPSA) is 84.2 Å². The number of aliphatic hydroxyl groups excluding tert-OH is 4. The van der Waals surface area contributed by atoms with Gasteiger partial charge in [0.25, 0.3) is 0 Å². The SMILES string of the molecule is OC[C@@H](O)[C@H]1[C@H](O)[C@@H](O)[C@@H]2CCCN12. The third-order valence-corrected chi connectivity index (χ3v) is 3.40. The third-order valence-electron chi connectivity index (χ3n) is 3.40. The van der Waals surface area contributed by atoms with Crippen molar-refractivity contribution in [2.75, 3.05) is 13.2 Å². The lowest BCUT2D eigenvalue weighted by molar-refractivity contribution is -0.0300. The molecule has 2 rings (SSSR count). The zero-order chi connectivity index (χ0) is 10.3. The second kappa shape index (κ2) is 3.75. The molecule has 0 radical (unpaired) electrons. The van der Waals surface area contributed by atoms with Crippen molar-refractivity contribution in [1.82, 2.24) is 4.90 Å². The number of rotatable bonds is 2. The Morgan fingerprint density at radius 1 is 1.29 bits per heavy atom. The molecule has 5 nitrogen and oxygen atoms in total. The highest BCUT2D eigenvalue weighted by molar-refractivity contribution is 5.05. The summed E-state index contributed by atoms with van der Waals surface area (Å²) in [5.74, 6) is 0. The van der Waals surface area contributed by atoms with Gasteiger partial charge in [0.05, 0.1) is 31.0 Å². The highest BCUT2D eigenvalue weighted by Gasteiger charge is 2.51. The van der Waals surface area contributed by atoms with Crippen LogP contribution >= 0.6 is 0 Å². The van der Waals surface area contributed by atoms with E-state index in [1.54, 1.807) is 0 Å². The monoisotopic (exact) mass is 203 g/mol. The van der Waals surface area contributed by atoms with Crippen LogP contribution in [0, 0.1) is 0 Å². The Morgan fingerprint density at radius 3 is 2.64 bits per heavy atom. The van der Waals surface area contributed by atoms with Crippen LogP contribution in [0.5, 0.6) is 0 Å². The lowest BCUT2D eigenvalue weighted by Gasteiger charge is -2.27. The highest BCUT2D eigenvalue weighted by Crippen LogP contribution is 2.34. The molecule has 0 unspecified atom stereocenters. The molecule has 2 aliphatic rings. The van der Waals surface area contributed by atoms with Crippen molar-refractivity contribution in [2.45, 2.75) is 43.2 Å². The van der Waals surface area contributed by atoms with Gasteiger partial charge in [0, 0.05) is 6.04 Å². The fourth-order valence-electron chi connectivity index (χ4n) is 2.73. The molecule has 0 amide bonds. The van der Waals surface area contributed by atoms with E-state index in [2.05, 4.69) is 0 Å². The van der Waals surface area contributed by atoms with E-state index >= 15 is 0 Å². The van der Waals surface area contributed by atoms with E-state index in [-0.39, 0.29) is 12.6 Å². The van der Waals surface area contributed by atoms with Gasteiger partial charge in [-0.15, -0.1) is 0 Å². The molecular formula is C9H17NO4. The van der Waals surface area contributed by atoms with Crippen molar-refractivity contribution in [3.8, 4) is 0 Å². The molecule has 2 heterocycles. The molecule has 0 spiro atoms. The van der Waals surface area contributed by atoms with Crippen molar-refractivity contribution in [2.24, 2.45) is 0 Å². The van der Waals surface area contributed by atoms with Crippen LogP contribution in [-0.2, 0) is 0 Å². The molecule has 2 fully saturated rings. The van der Waals surface area contributed by atoms with Crippen LogP contribution in [0.2, 0.25) is 0 Å². The number of nitrogens with zero attached hydrogens (tertiary/aromatic N) is 1. The fourth-order valence-corrected chi connectivity index (χ4v) is 2.73. The van der Waals surface area contributed by atoms with Crippen molar-refractivity contribution >= 4 is 0 Å². The van der Waals surface area contributed by atoms with Crippen molar-refractivity contribution < 1.29 is 20.4 Å². The van der Waals surface area contributed by atoms with E-state index in [0.29, 0.717) is 0 Å². The van der Waals surface area contributed by atoms with Crippen LogP contribution in [0.25, 0.3) is 0 Å². The summed E-state index contributed by atoms with van der Waals surface area (Å²) < 4.78 is 0. The summed E-state index contributed by atoms with van der Waals surface area (Å²) in [5.41, 5.74) is 0. The summed E-state index contributed by atoms with van der Waals surface area (Å²) in [5, 5.41) is 37.8. The molecule has 5 atom stereocenters. The van der Waals surface area contributed by atoms with Crippen molar-refractivity contribution in [3.05, 3.63) is 0 Å². The quantitative estimate of drug-likeness (QED) is 0.413. The maximum atomic E-state index is 9.70. The predicted molar refractivity (Wildman–Crippen MR) is 48.6 cm³/mol. The average Bonchev–Trinajstić information content (AvgIpc) is 2.72. The molecule has 0 aromatic rings. The van der Waals surface area contributed by atoms with Crippen molar-refractivity contribution in [3.63, 3.8) is 0 Å². The summed E-state index contributed by atoms with van der Waals surface area (Å²) in [7, 11) is 0. The molecule has 2 saturated heterocycles. The summed E-state index contributed by atoms with van der Waals surface area (Å²) in [6.45, 7) is 0.401. The third kappa shape index (κ3) is 1.36. The Hall–Kier alpha value is -0.200. The molecule has 0 aliphatic carbocycles. The molecule has 5 heteroatoms. The Morgan fingerprint density at radius 2 is 2.00 bits per heavy atom. The summed E-state index contributed by atoms with van der Waals surface area (Å²) in [6, 6.07) is -0.557. The zero-order valence-electron chi connectivity index (χ0n) is 7.95. The lowest BCUT2D eigenvalue weighted by atomic mass is 10.0. The smallest absolute Gasteiger partial charge is 0.0995 e. The summed E-state index contributed by atoms with van der Waals surface area (Å²) >= 11 is 0. The van der Waals surface area contributed by atoms with E-state index in [4.69, 9.17) is 5.11 Å². The van der Waals surface area contributed by atoms with Crippen molar-refractivity contribution in [1.29, 1.82) is 0 Å². The van der Waals surface area contributed by atoms with Gasteiger partial charge in [-0.25, -0.2) is 0 Å². The van der Waals surface area contributed by atoms with E-state index in [1.165, 1.54) is 0 Å². The van der Waals surface area contributed by atoms with Gasteiger partial charge in [-0.1, -0.05) is 0 Å². The van der Waals surface area contributed by atoms with E-state index in [1.807, 2.05) is 4.90 Å². The summed E-state index contributed by atoms with van der Waals surface area (Å²) in [4.78, 5) is 1.91. The van der Waals surface area contributed by atoms with Gasteiger partial charge in [-0.05, 0) is 19.4 Å². The van der Waals surface area contributed by atoms with Crippen LogP contribution < -0.4 is 0 Å². The first-order chi connectivity index (χ1) is 6.66. The zero-order valence-corrected chi connectivity index (χ0v) is 7.95. The van der Waals surface area contributed by atoms with Gasteiger partial charge in [0.15, 0.2) is 0 Å². The van der Waals surface area contributed by atoms with Gasteiger partial charge in [-0.2, -0.15) is 0 Å². The van der Waals surface area contributed by atoms with Gasteiger partial charge in [0.2, 0.25) is 0 Å². The number of fused-ring (bicyclic) bond motifs is 1. The molecule has 0 bridgehead atoms. The van der Waals surface area contributed by atoms with E-state index in [9.17, 15) is 15.3 Å². The van der Waals surface area contributed by atoms with Gasteiger partial charge >= 0.3 is 0 Å². The molecule has 14 heavy (non-hydrogen) atoms. The molecule has 0 saturated carbocycles. The predicted octanol–water partition coefficient (Wildman–Crippen LogP) is -2.09. The standard InChI is InChI=1S/C9H17NO4/c11-4-6(12)7-9(14)8(13)5-2-1-3-10(5)7/h5-9,11-14H,1-4H2/t5-,6+,7-,8-,9-/m0/s1. The molecule has 4 N–H and O–H groups in total. The average molecular weight is 203 g/mol. The minimum Gasteiger partial charge on any atom is -0.394 e. The van der Waals surface area contributed by atoms with Gasteiger partial charge in [0.1, 0.15) is 0 Å². The Kier molecular flexibility index (Phi) is 2.77. The second-order valence-corrected chi connectivity index (χ2v) is 4.17. The first-order valence-corrected chi connectivity index (χ1v) is 5.07. The maximum absolute atomic E-state index is 9.70. The minimum atomic E-state index is -0.970.